The molecule has 4 heterocycles. The molecule has 1 aliphatic heterocycles. The van der Waals surface area contributed by atoms with E-state index in [-0.39, 0.29) is 11.9 Å². The third kappa shape index (κ3) is 4.91. The third-order valence-corrected chi connectivity index (χ3v) is 7.03. The molecule has 1 atom stereocenters. The Balaban J connectivity index is 1.32. The SMILES string of the molecule is Cc1cc(C(=O)CSc2nnc(NCc3ccco3)s2)c(C)n1C[C@@H]1CCCO1. The molecule has 0 unspecified atom stereocenters. The number of rotatable bonds is 9. The summed E-state index contributed by atoms with van der Waals surface area (Å²) in [7, 11) is 0. The van der Waals surface area contributed by atoms with Crippen LogP contribution in [-0.2, 0) is 17.8 Å². The average molecular weight is 433 g/mol. The molecule has 0 aliphatic carbocycles. The normalized spacial score (nSPS) is 16.4. The van der Waals surface area contributed by atoms with Gasteiger partial charge in [-0.3, -0.25) is 4.79 Å². The summed E-state index contributed by atoms with van der Waals surface area (Å²) >= 11 is 2.86. The smallest absolute Gasteiger partial charge is 0.206 e. The van der Waals surface area contributed by atoms with E-state index < -0.39 is 0 Å². The number of ether oxygens (including phenoxy) is 1. The lowest BCUT2D eigenvalue weighted by molar-refractivity contribution is 0.0957. The Kier molecular flexibility index (Phi) is 6.37. The van der Waals surface area contributed by atoms with Gasteiger partial charge in [-0.2, -0.15) is 0 Å². The molecule has 0 amide bonds. The fourth-order valence-electron chi connectivity index (χ4n) is 3.48. The van der Waals surface area contributed by atoms with Crippen molar-refractivity contribution in [3.8, 4) is 0 Å². The van der Waals surface area contributed by atoms with Crippen LogP contribution in [0.1, 0.15) is 40.3 Å². The van der Waals surface area contributed by atoms with Gasteiger partial charge in [0.05, 0.1) is 24.7 Å². The molecule has 29 heavy (non-hydrogen) atoms. The summed E-state index contributed by atoms with van der Waals surface area (Å²) in [5.41, 5.74) is 2.90. The summed E-state index contributed by atoms with van der Waals surface area (Å²) in [4.78, 5) is 12.8. The highest BCUT2D eigenvalue weighted by atomic mass is 32.2. The van der Waals surface area contributed by atoms with E-state index in [9.17, 15) is 4.79 Å². The first-order valence-electron chi connectivity index (χ1n) is 9.64. The van der Waals surface area contributed by atoms with Crippen molar-refractivity contribution < 1.29 is 13.9 Å². The molecular weight excluding hydrogens is 408 g/mol. The number of thioether (sulfide) groups is 1. The van der Waals surface area contributed by atoms with Crippen LogP contribution in [0.15, 0.2) is 33.2 Å². The van der Waals surface area contributed by atoms with Crippen LogP contribution in [-0.4, -0.2) is 39.0 Å². The lowest BCUT2D eigenvalue weighted by Gasteiger charge is -2.14. The fraction of sp³-hybridized carbons (Fsp3) is 0.450. The van der Waals surface area contributed by atoms with E-state index in [0.29, 0.717) is 17.4 Å². The molecule has 1 fully saturated rings. The van der Waals surface area contributed by atoms with Crippen molar-refractivity contribution in [3.63, 3.8) is 0 Å². The van der Waals surface area contributed by atoms with Gasteiger partial charge in [-0.15, -0.1) is 10.2 Å². The van der Waals surface area contributed by atoms with Gasteiger partial charge >= 0.3 is 0 Å². The first-order chi connectivity index (χ1) is 14.1. The fourth-order valence-corrected chi connectivity index (χ4v) is 5.11. The number of carbonyl (C=O) groups is 1. The Morgan fingerprint density at radius 1 is 1.41 bits per heavy atom. The highest BCUT2D eigenvalue weighted by molar-refractivity contribution is 8.01. The molecule has 0 saturated carbocycles. The van der Waals surface area contributed by atoms with Crippen LogP contribution < -0.4 is 5.32 Å². The van der Waals surface area contributed by atoms with Crippen molar-refractivity contribution in [3.05, 3.63) is 47.2 Å². The molecular formula is C20H24N4O3S2. The van der Waals surface area contributed by atoms with Crippen LogP contribution in [0.5, 0.6) is 0 Å². The molecule has 3 aromatic heterocycles. The zero-order valence-corrected chi connectivity index (χ0v) is 18.1. The van der Waals surface area contributed by atoms with Gasteiger partial charge in [0.15, 0.2) is 10.1 Å². The van der Waals surface area contributed by atoms with Crippen molar-refractivity contribution in [2.45, 2.75) is 50.2 Å². The van der Waals surface area contributed by atoms with Crippen molar-refractivity contribution >= 4 is 34.0 Å². The van der Waals surface area contributed by atoms with Crippen molar-refractivity contribution in [2.24, 2.45) is 0 Å². The van der Waals surface area contributed by atoms with Crippen molar-refractivity contribution in [1.29, 1.82) is 0 Å². The average Bonchev–Trinajstić information content (AvgIpc) is 3.50. The van der Waals surface area contributed by atoms with Gasteiger partial charge in [0.25, 0.3) is 0 Å². The number of Topliss-reactive ketones (excluding diaryl/α,β-unsaturated/α-hetero) is 1. The third-order valence-electron chi connectivity index (χ3n) is 5.01. The van der Waals surface area contributed by atoms with Crippen LogP contribution in [0.3, 0.4) is 0 Å². The molecule has 0 bridgehead atoms. The van der Waals surface area contributed by atoms with Gasteiger partial charge in [-0.05, 0) is 44.9 Å². The molecule has 0 aromatic carbocycles. The quantitative estimate of drug-likeness (QED) is 0.398. The standard InChI is InChI=1S/C20H24N4O3S2/c1-13-9-17(14(2)24(13)11-16-6-4-8-27-16)18(25)12-28-20-23-22-19(29-20)21-10-15-5-3-7-26-15/h3,5,7,9,16H,4,6,8,10-12H2,1-2H3,(H,21,22)/t16-/m0/s1. The maximum absolute atomic E-state index is 12.8. The van der Waals surface area contributed by atoms with Gasteiger partial charge in [0.2, 0.25) is 5.13 Å². The van der Waals surface area contributed by atoms with Crippen molar-refractivity contribution in [1.82, 2.24) is 14.8 Å². The van der Waals surface area contributed by atoms with Gasteiger partial charge < -0.3 is 19.0 Å². The number of hydrogen-bond acceptors (Lipinski definition) is 8. The maximum atomic E-state index is 12.8. The lowest BCUT2D eigenvalue weighted by Crippen LogP contribution is -2.17. The second-order valence-corrected chi connectivity index (χ2v) is 9.25. The maximum Gasteiger partial charge on any atom is 0.206 e. The van der Waals surface area contributed by atoms with Crippen LogP contribution in [0, 0.1) is 13.8 Å². The van der Waals surface area contributed by atoms with Gasteiger partial charge in [0.1, 0.15) is 5.76 Å². The predicted molar refractivity (Wildman–Crippen MR) is 114 cm³/mol. The summed E-state index contributed by atoms with van der Waals surface area (Å²) in [6.07, 6.45) is 4.10. The topological polar surface area (TPSA) is 82.2 Å². The highest BCUT2D eigenvalue weighted by Crippen LogP contribution is 2.28. The molecule has 0 radical (unpaired) electrons. The van der Waals surface area contributed by atoms with E-state index in [1.165, 1.54) is 23.1 Å². The summed E-state index contributed by atoms with van der Waals surface area (Å²) in [6.45, 7) is 6.28. The van der Waals surface area contributed by atoms with E-state index in [4.69, 9.17) is 9.15 Å². The van der Waals surface area contributed by atoms with E-state index in [2.05, 4.69) is 20.1 Å². The van der Waals surface area contributed by atoms with Crippen LogP contribution in [0.4, 0.5) is 5.13 Å². The second-order valence-electron chi connectivity index (χ2n) is 7.05. The summed E-state index contributed by atoms with van der Waals surface area (Å²) in [5, 5.41) is 12.2. The van der Waals surface area contributed by atoms with E-state index in [0.717, 1.165) is 53.0 Å². The van der Waals surface area contributed by atoms with E-state index in [1.54, 1.807) is 6.26 Å². The molecule has 1 N–H and O–H groups in total. The predicted octanol–water partition coefficient (Wildman–Crippen LogP) is 4.32. The number of nitrogens with zero attached hydrogens (tertiary/aromatic N) is 3. The monoisotopic (exact) mass is 432 g/mol. The first-order valence-corrected chi connectivity index (χ1v) is 11.4. The van der Waals surface area contributed by atoms with Crippen molar-refractivity contribution in [2.75, 3.05) is 17.7 Å². The number of hydrogen-bond donors (Lipinski definition) is 1. The van der Waals surface area contributed by atoms with Gasteiger partial charge in [-0.1, -0.05) is 23.1 Å². The zero-order valence-electron chi connectivity index (χ0n) is 16.5. The van der Waals surface area contributed by atoms with E-state index >= 15 is 0 Å². The zero-order chi connectivity index (χ0) is 20.2. The van der Waals surface area contributed by atoms with Gasteiger partial charge in [0, 0.05) is 30.1 Å². The molecule has 3 aromatic rings. The number of nitrogens with one attached hydrogen (secondary N) is 1. The molecule has 0 spiro atoms. The van der Waals surface area contributed by atoms with E-state index in [1.807, 2.05) is 32.0 Å². The largest absolute Gasteiger partial charge is 0.467 e. The number of ketones is 1. The van der Waals surface area contributed by atoms with Crippen LogP contribution in [0.25, 0.3) is 0 Å². The van der Waals surface area contributed by atoms with Gasteiger partial charge in [-0.25, -0.2) is 0 Å². The highest BCUT2D eigenvalue weighted by Gasteiger charge is 2.21. The minimum absolute atomic E-state index is 0.113. The Morgan fingerprint density at radius 3 is 3.07 bits per heavy atom. The Bertz CT molecular complexity index is 959. The summed E-state index contributed by atoms with van der Waals surface area (Å²) in [5.74, 6) is 1.29. The summed E-state index contributed by atoms with van der Waals surface area (Å²) in [6, 6.07) is 5.74. The Morgan fingerprint density at radius 2 is 2.31 bits per heavy atom. The minimum atomic E-state index is 0.113. The number of aromatic nitrogens is 3. The molecule has 1 saturated heterocycles. The molecule has 7 nitrogen and oxygen atoms in total. The summed E-state index contributed by atoms with van der Waals surface area (Å²) < 4.78 is 14.0. The van der Waals surface area contributed by atoms with Crippen LogP contribution >= 0.6 is 23.1 Å². The number of carbonyl (C=O) groups excluding carboxylic acids is 1. The second kappa shape index (κ2) is 9.15. The molecule has 9 heteroatoms. The molecule has 1 aliphatic rings. The van der Waals surface area contributed by atoms with Crippen LogP contribution in [0.2, 0.25) is 0 Å². The molecule has 154 valence electrons. The number of anilines is 1. The lowest BCUT2D eigenvalue weighted by atomic mass is 10.2. The molecule has 4 rings (SSSR count). The number of aryl methyl sites for hydroxylation is 1. The number of furan rings is 1. The minimum Gasteiger partial charge on any atom is -0.467 e. The Hall–Kier alpha value is -2.10. The Labute approximate surface area is 177 Å². The first kappa shape index (κ1) is 20.2.